The summed E-state index contributed by atoms with van der Waals surface area (Å²) >= 11 is 1.67. The standard InChI is InChI=1S/C20H17FN4OS/c1-2-26-19-18-17(24-20(25-19)22-12-15-4-3-11-27-15)10-9-16(23-18)13-5-7-14(21)8-6-13/h3-11H,2,12H2,1H3,(H,22,24,25). The van der Waals surface area contributed by atoms with E-state index in [1.54, 1.807) is 23.5 Å². The third kappa shape index (κ3) is 3.88. The monoisotopic (exact) mass is 380 g/mol. The van der Waals surface area contributed by atoms with E-state index >= 15 is 0 Å². The minimum absolute atomic E-state index is 0.278. The number of hydrogen-bond donors (Lipinski definition) is 1. The van der Waals surface area contributed by atoms with Gasteiger partial charge in [-0.05, 0) is 54.8 Å². The maximum Gasteiger partial charge on any atom is 0.245 e. The van der Waals surface area contributed by atoms with Crippen molar-refractivity contribution >= 4 is 28.3 Å². The minimum Gasteiger partial charge on any atom is -0.476 e. The Balaban J connectivity index is 1.70. The van der Waals surface area contributed by atoms with Gasteiger partial charge in [0.2, 0.25) is 11.8 Å². The van der Waals surface area contributed by atoms with Gasteiger partial charge < -0.3 is 10.1 Å². The second kappa shape index (κ2) is 7.67. The molecular weight excluding hydrogens is 363 g/mol. The Morgan fingerprint density at radius 2 is 1.89 bits per heavy atom. The van der Waals surface area contributed by atoms with E-state index in [1.807, 2.05) is 30.5 Å². The molecule has 5 nitrogen and oxygen atoms in total. The molecular formula is C20H17FN4OS. The van der Waals surface area contributed by atoms with E-state index in [4.69, 9.17) is 4.74 Å². The van der Waals surface area contributed by atoms with Gasteiger partial charge in [0, 0.05) is 10.4 Å². The fraction of sp³-hybridized carbons (Fsp3) is 0.150. The predicted octanol–water partition coefficient (Wildman–Crippen LogP) is 4.90. The van der Waals surface area contributed by atoms with Gasteiger partial charge >= 0.3 is 0 Å². The smallest absolute Gasteiger partial charge is 0.245 e. The Labute approximate surface area is 159 Å². The van der Waals surface area contributed by atoms with Gasteiger partial charge in [0.25, 0.3) is 0 Å². The van der Waals surface area contributed by atoms with E-state index in [2.05, 4.69) is 26.3 Å². The molecule has 0 bridgehead atoms. The molecule has 3 aromatic heterocycles. The zero-order valence-electron chi connectivity index (χ0n) is 14.6. The first kappa shape index (κ1) is 17.4. The maximum absolute atomic E-state index is 13.2. The average Bonchev–Trinajstić information content (AvgIpc) is 3.21. The lowest BCUT2D eigenvalue weighted by Gasteiger charge is -2.10. The largest absolute Gasteiger partial charge is 0.476 e. The number of anilines is 1. The molecule has 1 N–H and O–H groups in total. The van der Waals surface area contributed by atoms with Crippen molar-refractivity contribution < 1.29 is 9.13 Å². The zero-order chi connectivity index (χ0) is 18.6. The van der Waals surface area contributed by atoms with E-state index in [9.17, 15) is 4.39 Å². The summed E-state index contributed by atoms with van der Waals surface area (Å²) in [7, 11) is 0. The molecule has 1 aromatic carbocycles. The number of rotatable bonds is 6. The van der Waals surface area contributed by atoms with Crippen LogP contribution in [0.4, 0.5) is 10.3 Å². The van der Waals surface area contributed by atoms with Crippen molar-refractivity contribution in [3.8, 4) is 17.1 Å². The molecule has 4 aromatic rings. The first-order chi connectivity index (χ1) is 13.2. The zero-order valence-corrected chi connectivity index (χ0v) is 15.5. The van der Waals surface area contributed by atoms with Gasteiger partial charge in [-0.2, -0.15) is 4.98 Å². The van der Waals surface area contributed by atoms with Gasteiger partial charge in [-0.15, -0.1) is 11.3 Å². The number of pyridine rings is 1. The van der Waals surface area contributed by atoms with E-state index in [0.717, 1.165) is 5.56 Å². The molecule has 27 heavy (non-hydrogen) atoms. The molecule has 3 heterocycles. The van der Waals surface area contributed by atoms with Crippen molar-refractivity contribution in [3.05, 3.63) is 64.6 Å². The van der Waals surface area contributed by atoms with E-state index in [1.165, 1.54) is 17.0 Å². The molecule has 0 aliphatic rings. The van der Waals surface area contributed by atoms with Crippen LogP contribution >= 0.6 is 11.3 Å². The molecule has 0 atom stereocenters. The summed E-state index contributed by atoms with van der Waals surface area (Å²) in [5.74, 6) is 0.648. The summed E-state index contributed by atoms with van der Waals surface area (Å²) in [5.41, 5.74) is 2.81. The van der Waals surface area contributed by atoms with E-state index < -0.39 is 0 Å². The number of nitrogens with zero attached hydrogens (tertiary/aromatic N) is 3. The molecule has 0 saturated heterocycles. The maximum atomic E-state index is 13.2. The quantitative estimate of drug-likeness (QED) is 0.515. The van der Waals surface area contributed by atoms with Crippen LogP contribution in [0.2, 0.25) is 0 Å². The van der Waals surface area contributed by atoms with Gasteiger partial charge in [-0.25, -0.2) is 14.4 Å². The molecule has 0 saturated carbocycles. The molecule has 7 heteroatoms. The van der Waals surface area contributed by atoms with Crippen molar-refractivity contribution in [2.75, 3.05) is 11.9 Å². The molecule has 0 amide bonds. The highest BCUT2D eigenvalue weighted by Gasteiger charge is 2.12. The summed E-state index contributed by atoms with van der Waals surface area (Å²) in [5, 5.41) is 5.26. The molecule has 0 aliphatic heterocycles. The lowest BCUT2D eigenvalue weighted by Crippen LogP contribution is -2.06. The Kier molecular flexibility index (Phi) is 4.93. The van der Waals surface area contributed by atoms with Gasteiger partial charge in [0.1, 0.15) is 5.82 Å². The molecule has 0 fully saturated rings. The lowest BCUT2D eigenvalue weighted by atomic mass is 10.1. The second-order valence-corrected chi connectivity index (χ2v) is 6.82. The first-order valence-corrected chi connectivity index (χ1v) is 9.44. The van der Waals surface area contributed by atoms with Crippen LogP contribution in [0.25, 0.3) is 22.3 Å². The number of thiophene rings is 1. The second-order valence-electron chi connectivity index (χ2n) is 5.79. The summed E-state index contributed by atoms with van der Waals surface area (Å²) in [4.78, 5) is 14.9. The van der Waals surface area contributed by atoms with Crippen molar-refractivity contribution in [2.24, 2.45) is 0 Å². The summed E-state index contributed by atoms with van der Waals surface area (Å²) in [6.07, 6.45) is 0. The molecule has 4 rings (SSSR count). The van der Waals surface area contributed by atoms with Crippen molar-refractivity contribution in [1.82, 2.24) is 15.0 Å². The van der Waals surface area contributed by atoms with Crippen LogP contribution in [0.3, 0.4) is 0 Å². The molecule has 0 radical (unpaired) electrons. The fourth-order valence-corrected chi connectivity index (χ4v) is 3.31. The van der Waals surface area contributed by atoms with Crippen LogP contribution in [0.5, 0.6) is 5.88 Å². The van der Waals surface area contributed by atoms with Gasteiger partial charge in [0.15, 0.2) is 5.52 Å². The summed E-state index contributed by atoms with van der Waals surface area (Å²) in [6.45, 7) is 3.02. The number of fused-ring (bicyclic) bond motifs is 1. The fourth-order valence-electron chi connectivity index (χ4n) is 2.66. The topological polar surface area (TPSA) is 59.9 Å². The molecule has 0 unspecified atom stereocenters. The third-order valence-electron chi connectivity index (χ3n) is 3.93. The molecule has 0 aliphatic carbocycles. The van der Waals surface area contributed by atoms with E-state index in [0.29, 0.717) is 41.7 Å². The van der Waals surface area contributed by atoms with Gasteiger partial charge in [-0.3, -0.25) is 0 Å². The van der Waals surface area contributed by atoms with Crippen LogP contribution < -0.4 is 10.1 Å². The highest BCUT2D eigenvalue weighted by Crippen LogP contribution is 2.27. The third-order valence-corrected chi connectivity index (χ3v) is 4.81. The van der Waals surface area contributed by atoms with Crippen LogP contribution in [0, 0.1) is 5.82 Å². The average molecular weight is 380 g/mol. The Morgan fingerprint density at radius 1 is 1.04 bits per heavy atom. The SMILES string of the molecule is CCOc1nc(NCc2cccs2)nc2ccc(-c3ccc(F)cc3)nc12. The summed E-state index contributed by atoms with van der Waals surface area (Å²) in [6, 6.07) is 14.0. The van der Waals surface area contributed by atoms with E-state index in [-0.39, 0.29) is 5.82 Å². The number of nitrogens with one attached hydrogen (secondary N) is 1. The van der Waals surface area contributed by atoms with Crippen molar-refractivity contribution in [2.45, 2.75) is 13.5 Å². The van der Waals surface area contributed by atoms with Crippen LogP contribution in [0.1, 0.15) is 11.8 Å². The van der Waals surface area contributed by atoms with Gasteiger partial charge in [-0.1, -0.05) is 6.07 Å². The Morgan fingerprint density at radius 3 is 2.63 bits per heavy atom. The van der Waals surface area contributed by atoms with Crippen LogP contribution in [-0.4, -0.2) is 21.6 Å². The van der Waals surface area contributed by atoms with Crippen LogP contribution in [-0.2, 0) is 6.54 Å². The number of aromatic nitrogens is 3. The lowest BCUT2D eigenvalue weighted by molar-refractivity contribution is 0.330. The van der Waals surface area contributed by atoms with Gasteiger partial charge in [0.05, 0.1) is 24.4 Å². The predicted molar refractivity (Wildman–Crippen MR) is 106 cm³/mol. The Bertz CT molecular complexity index is 1050. The van der Waals surface area contributed by atoms with Crippen LogP contribution in [0.15, 0.2) is 53.9 Å². The number of hydrogen-bond acceptors (Lipinski definition) is 6. The molecule has 0 spiro atoms. The van der Waals surface area contributed by atoms with Crippen molar-refractivity contribution in [1.29, 1.82) is 0 Å². The molecule has 136 valence electrons. The minimum atomic E-state index is -0.278. The Hall–Kier alpha value is -3.06. The normalized spacial score (nSPS) is 10.9. The van der Waals surface area contributed by atoms with Crippen molar-refractivity contribution in [3.63, 3.8) is 0 Å². The number of halogens is 1. The first-order valence-electron chi connectivity index (χ1n) is 8.56. The highest BCUT2D eigenvalue weighted by molar-refractivity contribution is 7.09. The summed E-state index contributed by atoms with van der Waals surface area (Å²) < 4.78 is 18.9. The number of ether oxygens (including phenoxy) is 1. The highest BCUT2D eigenvalue weighted by atomic mass is 32.1. The number of benzene rings is 1.